The first-order valence-electron chi connectivity index (χ1n) is 3.86. The van der Waals surface area contributed by atoms with Gasteiger partial charge in [0.2, 0.25) is 0 Å². The lowest BCUT2D eigenvalue weighted by Crippen LogP contribution is -1.89. The molecule has 12 heavy (non-hydrogen) atoms. The third-order valence-electron chi connectivity index (χ3n) is 1.63. The molecule has 60 valence electrons. The van der Waals surface area contributed by atoms with Gasteiger partial charge in [-0.05, 0) is 25.0 Å². The second-order valence-electron chi connectivity index (χ2n) is 2.90. The summed E-state index contributed by atoms with van der Waals surface area (Å²) in [6, 6.07) is 9.78. The number of allylic oxidation sites excluding steroid dienone is 1. The molecule has 1 rings (SSSR count). The van der Waals surface area contributed by atoms with Gasteiger partial charge in [-0.15, -0.1) is 0 Å². The molecule has 0 saturated carbocycles. The smallest absolute Gasteiger partial charge is 0.0994 e. The average molecular weight is 157 g/mol. The predicted molar refractivity (Wildman–Crippen MR) is 49.7 cm³/mol. The number of nitriles is 1. The molecule has 0 radical (unpaired) electrons. The SMILES string of the molecule is C=C(C)Cc1ccccc1C#N. The second-order valence-corrected chi connectivity index (χ2v) is 2.90. The van der Waals surface area contributed by atoms with Crippen molar-refractivity contribution in [1.82, 2.24) is 0 Å². The summed E-state index contributed by atoms with van der Waals surface area (Å²) in [5.41, 5.74) is 2.89. The summed E-state index contributed by atoms with van der Waals surface area (Å²) in [6.07, 6.45) is 0.795. The summed E-state index contributed by atoms with van der Waals surface area (Å²) in [5, 5.41) is 8.75. The standard InChI is InChI=1S/C11H11N/c1-9(2)7-10-5-3-4-6-11(10)8-12/h3-6H,1,7H2,2H3. The Morgan fingerprint density at radius 2 is 2.17 bits per heavy atom. The van der Waals surface area contributed by atoms with Gasteiger partial charge in [0.15, 0.2) is 0 Å². The third kappa shape index (κ3) is 1.96. The van der Waals surface area contributed by atoms with E-state index in [2.05, 4.69) is 12.6 Å². The van der Waals surface area contributed by atoms with E-state index in [0.717, 1.165) is 23.1 Å². The summed E-state index contributed by atoms with van der Waals surface area (Å²) in [7, 11) is 0. The third-order valence-corrected chi connectivity index (χ3v) is 1.63. The summed E-state index contributed by atoms with van der Waals surface area (Å²) < 4.78 is 0. The zero-order chi connectivity index (χ0) is 8.97. The van der Waals surface area contributed by atoms with E-state index in [0.29, 0.717) is 0 Å². The minimum atomic E-state index is 0.750. The van der Waals surface area contributed by atoms with Gasteiger partial charge >= 0.3 is 0 Å². The average Bonchev–Trinajstić information content (AvgIpc) is 2.04. The highest BCUT2D eigenvalue weighted by Crippen LogP contribution is 2.11. The molecule has 0 aliphatic rings. The monoisotopic (exact) mass is 157 g/mol. The Labute approximate surface area is 73.0 Å². The van der Waals surface area contributed by atoms with Crippen LogP contribution in [-0.4, -0.2) is 0 Å². The van der Waals surface area contributed by atoms with Crippen molar-refractivity contribution in [3.05, 3.63) is 47.5 Å². The number of benzene rings is 1. The molecule has 1 heteroatoms. The highest BCUT2D eigenvalue weighted by Gasteiger charge is 1.99. The predicted octanol–water partition coefficient (Wildman–Crippen LogP) is 2.68. The lowest BCUT2D eigenvalue weighted by Gasteiger charge is -2.01. The summed E-state index contributed by atoms with van der Waals surface area (Å²) in [4.78, 5) is 0. The zero-order valence-electron chi connectivity index (χ0n) is 7.17. The Balaban J connectivity index is 2.99. The van der Waals surface area contributed by atoms with E-state index in [-0.39, 0.29) is 0 Å². The minimum absolute atomic E-state index is 0.750. The molecule has 0 unspecified atom stereocenters. The van der Waals surface area contributed by atoms with E-state index in [1.807, 2.05) is 31.2 Å². The molecule has 0 spiro atoms. The maximum absolute atomic E-state index is 8.75. The lowest BCUT2D eigenvalue weighted by atomic mass is 10.0. The van der Waals surface area contributed by atoms with Crippen molar-refractivity contribution in [2.45, 2.75) is 13.3 Å². The topological polar surface area (TPSA) is 23.8 Å². The number of hydrogen-bond donors (Lipinski definition) is 0. The van der Waals surface area contributed by atoms with Crippen LogP contribution in [0.3, 0.4) is 0 Å². The van der Waals surface area contributed by atoms with Crippen LogP contribution in [-0.2, 0) is 6.42 Å². The Hall–Kier alpha value is -1.55. The fraction of sp³-hybridized carbons (Fsp3) is 0.182. The highest BCUT2D eigenvalue weighted by atomic mass is 14.2. The van der Waals surface area contributed by atoms with E-state index in [1.165, 1.54) is 0 Å². The van der Waals surface area contributed by atoms with E-state index in [9.17, 15) is 0 Å². The van der Waals surface area contributed by atoms with Gasteiger partial charge in [0.1, 0.15) is 0 Å². The Bertz CT molecular complexity index is 331. The first kappa shape index (κ1) is 8.55. The van der Waals surface area contributed by atoms with Gasteiger partial charge in [-0.2, -0.15) is 5.26 Å². The molecule has 0 atom stereocenters. The van der Waals surface area contributed by atoms with Crippen molar-refractivity contribution in [3.8, 4) is 6.07 Å². The van der Waals surface area contributed by atoms with Crippen molar-refractivity contribution >= 4 is 0 Å². The molecule has 1 nitrogen and oxygen atoms in total. The Morgan fingerprint density at radius 1 is 1.50 bits per heavy atom. The van der Waals surface area contributed by atoms with Gasteiger partial charge in [0.25, 0.3) is 0 Å². The van der Waals surface area contributed by atoms with Crippen LogP contribution in [0.4, 0.5) is 0 Å². The Morgan fingerprint density at radius 3 is 2.75 bits per heavy atom. The normalized spacial score (nSPS) is 9.00. The van der Waals surface area contributed by atoms with Crippen molar-refractivity contribution in [2.24, 2.45) is 0 Å². The van der Waals surface area contributed by atoms with Crippen molar-refractivity contribution in [1.29, 1.82) is 5.26 Å². The van der Waals surface area contributed by atoms with Crippen LogP contribution < -0.4 is 0 Å². The van der Waals surface area contributed by atoms with Crippen LogP contribution in [0.1, 0.15) is 18.1 Å². The summed E-state index contributed by atoms with van der Waals surface area (Å²) >= 11 is 0. The molecule has 0 aliphatic heterocycles. The summed E-state index contributed by atoms with van der Waals surface area (Å²) in [5.74, 6) is 0. The van der Waals surface area contributed by atoms with E-state index < -0.39 is 0 Å². The van der Waals surface area contributed by atoms with Crippen LogP contribution in [0.15, 0.2) is 36.4 Å². The maximum Gasteiger partial charge on any atom is 0.0994 e. The molecule has 0 fully saturated rings. The molecule has 0 N–H and O–H groups in total. The molecule has 0 amide bonds. The number of hydrogen-bond acceptors (Lipinski definition) is 1. The molecular formula is C11H11N. The van der Waals surface area contributed by atoms with Gasteiger partial charge in [0.05, 0.1) is 11.6 Å². The van der Waals surface area contributed by atoms with Crippen LogP contribution in [0.2, 0.25) is 0 Å². The van der Waals surface area contributed by atoms with Gasteiger partial charge in [0, 0.05) is 0 Å². The van der Waals surface area contributed by atoms with Crippen molar-refractivity contribution in [3.63, 3.8) is 0 Å². The van der Waals surface area contributed by atoms with Crippen LogP contribution >= 0.6 is 0 Å². The van der Waals surface area contributed by atoms with Crippen LogP contribution in [0.25, 0.3) is 0 Å². The number of rotatable bonds is 2. The van der Waals surface area contributed by atoms with Gasteiger partial charge in [-0.3, -0.25) is 0 Å². The van der Waals surface area contributed by atoms with Crippen LogP contribution in [0.5, 0.6) is 0 Å². The zero-order valence-corrected chi connectivity index (χ0v) is 7.17. The molecule has 0 saturated heterocycles. The van der Waals surface area contributed by atoms with E-state index >= 15 is 0 Å². The first-order chi connectivity index (χ1) is 5.74. The number of nitrogens with zero attached hydrogens (tertiary/aromatic N) is 1. The van der Waals surface area contributed by atoms with Gasteiger partial charge in [-0.1, -0.05) is 30.4 Å². The first-order valence-corrected chi connectivity index (χ1v) is 3.86. The van der Waals surface area contributed by atoms with Crippen molar-refractivity contribution < 1.29 is 0 Å². The van der Waals surface area contributed by atoms with Gasteiger partial charge < -0.3 is 0 Å². The van der Waals surface area contributed by atoms with E-state index in [4.69, 9.17) is 5.26 Å². The largest absolute Gasteiger partial charge is 0.192 e. The Kier molecular flexibility index (Phi) is 2.66. The molecule has 0 aliphatic carbocycles. The molecule has 0 bridgehead atoms. The molecule has 1 aromatic carbocycles. The minimum Gasteiger partial charge on any atom is -0.192 e. The highest BCUT2D eigenvalue weighted by molar-refractivity contribution is 5.39. The van der Waals surface area contributed by atoms with E-state index in [1.54, 1.807) is 0 Å². The van der Waals surface area contributed by atoms with Gasteiger partial charge in [-0.25, -0.2) is 0 Å². The molecule has 1 aromatic rings. The molecular weight excluding hydrogens is 146 g/mol. The quantitative estimate of drug-likeness (QED) is 0.605. The summed E-state index contributed by atoms with van der Waals surface area (Å²) in [6.45, 7) is 5.78. The molecule has 0 aromatic heterocycles. The fourth-order valence-corrected chi connectivity index (χ4v) is 1.11. The van der Waals surface area contributed by atoms with Crippen LogP contribution in [0, 0.1) is 11.3 Å². The lowest BCUT2D eigenvalue weighted by molar-refractivity contribution is 1.14. The fourth-order valence-electron chi connectivity index (χ4n) is 1.11. The molecule has 0 heterocycles. The second kappa shape index (κ2) is 3.73. The van der Waals surface area contributed by atoms with Crippen molar-refractivity contribution in [2.75, 3.05) is 0 Å². The maximum atomic E-state index is 8.75.